The van der Waals surface area contributed by atoms with Gasteiger partial charge >= 0.3 is 0 Å². The van der Waals surface area contributed by atoms with E-state index in [1.807, 2.05) is 38.1 Å². The summed E-state index contributed by atoms with van der Waals surface area (Å²) in [6.07, 6.45) is 1.47. The monoisotopic (exact) mass is 353 g/mol. The summed E-state index contributed by atoms with van der Waals surface area (Å²) in [5, 5.41) is 9.72. The Morgan fingerprint density at radius 1 is 1.19 bits per heavy atom. The van der Waals surface area contributed by atoms with Gasteiger partial charge in [0.25, 0.3) is 5.91 Å². The number of hydrogen-bond donors (Lipinski definition) is 2. The lowest BCUT2D eigenvalue weighted by Gasteiger charge is -2.15. The van der Waals surface area contributed by atoms with E-state index in [4.69, 9.17) is 4.74 Å². The molecule has 0 bridgehead atoms. The number of benzene rings is 2. The third kappa shape index (κ3) is 3.91. The van der Waals surface area contributed by atoms with Gasteiger partial charge in [0.2, 0.25) is 0 Å². The molecule has 0 fully saturated rings. The quantitative estimate of drug-likeness (QED) is 0.701. The van der Waals surface area contributed by atoms with E-state index in [2.05, 4.69) is 15.5 Å². The highest BCUT2D eigenvalue weighted by Gasteiger charge is 2.18. The van der Waals surface area contributed by atoms with Crippen molar-refractivity contribution in [1.82, 2.24) is 15.5 Å². The fourth-order valence-corrected chi connectivity index (χ4v) is 2.67. The molecule has 0 saturated carbocycles. The molecule has 1 atom stereocenters. The van der Waals surface area contributed by atoms with Crippen LogP contribution in [0.2, 0.25) is 0 Å². The first-order chi connectivity index (χ1) is 12.6. The fraction of sp³-hybridized carbons (Fsp3) is 0.200. The maximum atomic E-state index is 13.1. The van der Waals surface area contributed by atoms with E-state index < -0.39 is 0 Å². The van der Waals surface area contributed by atoms with Gasteiger partial charge in [-0.2, -0.15) is 5.10 Å². The lowest BCUT2D eigenvalue weighted by atomic mass is 10.1. The zero-order valence-corrected chi connectivity index (χ0v) is 14.6. The van der Waals surface area contributed by atoms with Crippen molar-refractivity contribution < 1.29 is 13.9 Å². The van der Waals surface area contributed by atoms with Crippen LogP contribution >= 0.6 is 0 Å². The molecular formula is C20H20FN3O2. The summed E-state index contributed by atoms with van der Waals surface area (Å²) in [5.41, 5.74) is 2.63. The number of H-pyrrole nitrogens is 1. The molecule has 5 nitrogen and oxygen atoms in total. The Kier molecular flexibility index (Phi) is 5.31. The van der Waals surface area contributed by atoms with Crippen molar-refractivity contribution in [2.75, 3.05) is 6.61 Å². The number of aromatic nitrogens is 2. The highest BCUT2D eigenvalue weighted by atomic mass is 19.1. The van der Waals surface area contributed by atoms with Crippen LogP contribution in [0.25, 0.3) is 11.3 Å². The standard InChI is InChI=1S/C20H20FN3O2/c1-3-26-17-10-6-14(7-11-17)13(2)23-20(25)18-12-22-24-19(18)15-4-8-16(21)9-5-15/h4-13H,3H2,1-2H3,(H,22,24)(H,23,25). The number of ether oxygens (including phenoxy) is 1. The molecule has 0 saturated heterocycles. The number of hydrogen-bond acceptors (Lipinski definition) is 3. The first-order valence-electron chi connectivity index (χ1n) is 8.41. The smallest absolute Gasteiger partial charge is 0.255 e. The Morgan fingerprint density at radius 2 is 1.88 bits per heavy atom. The molecule has 1 amide bonds. The van der Waals surface area contributed by atoms with Crippen molar-refractivity contribution in [2.45, 2.75) is 19.9 Å². The molecule has 2 N–H and O–H groups in total. The van der Waals surface area contributed by atoms with Crippen molar-refractivity contribution in [3.63, 3.8) is 0 Å². The summed E-state index contributed by atoms with van der Waals surface area (Å²) in [5.74, 6) is 0.214. The molecule has 1 heterocycles. The van der Waals surface area contributed by atoms with Crippen molar-refractivity contribution >= 4 is 5.91 Å². The normalized spacial score (nSPS) is 11.8. The molecule has 3 rings (SSSR count). The maximum Gasteiger partial charge on any atom is 0.255 e. The molecule has 134 valence electrons. The summed E-state index contributed by atoms with van der Waals surface area (Å²) >= 11 is 0. The minimum atomic E-state index is -0.330. The summed E-state index contributed by atoms with van der Waals surface area (Å²) in [4.78, 5) is 12.7. The fourth-order valence-electron chi connectivity index (χ4n) is 2.67. The molecule has 1 aromatic heterocycles. The number of nitrogens with zero attached hydrogens (tertiary/aromatic N) is 1. The summed E-state index contributed by atoms with van der Waals surface area (Å²) in [6.45, 7) is 4.45. The number of amides is 1. The molecule has 2 aromatic carbocycles. The van der Waals surface area contributed by atoms with Gasteiger partial charge in [0.15, 0.2) is 0 Å². The second kappa shape index (κ2) is 7.82. The van der Waals surface area contributed by atoms with Crippen LogP contribution in [-0.2, 0) is 0 Å². The van der Waals surface area contributed by atoms with Crippen LogP contribution in [0.4, 0.5) is 4.39 Å². The maximum absolute atomic E-state index is 13.1. The molecule has 1 unspecified atom stereocenters. The van der Waals surface area contributed by atoms with Gasteiger partial charge in [0.05, 0.1) is 30.1 Å². The number of rotatable bonds is 6. The number of nitrogens with one attached hydrogen (secondary N) is 2. The van der Waals surface area contributed by atoms with Gasteiger partial charge < -0.3 is 10.1 Å². The second-order valence-corrected chi connectivity index (χ2v) is 5.86. The predicted octanol–water partition coefficient (Wildman–Crippen LogP) is 4.11. The van der Waals surface area contributed by atoms with Gasteiger partial charge in [-0.25, -0.2) is 4.39 Å². The lowest BCUT2D eigenvalue weighted by Crippen LogP contribution is -2.26. The molecule has 26 heavy (non-hydrogen) atoms. The average molecular weight is 353 g/mol. The summed E-state index contributed by atoms with van der Waals surface area (Å²) in [6, 6.07) is 13.3. The molecular weight excluding hydrogens is 333 g/mol. The van der Waals surface area contributed by atoms with Crippen LogP contribution in [0.1, 0.15) is 35.8 Å². The van der Waals surface area contributed by atoms with Crippen LogP contribution in [0.3, 0.4) is 0 Å². The first kappa shape index (κ1) is 17.7. The minimum absolute atomic E-state index is 0.186. The SMILES string of the molecule is CCOc1ccc(C(C)NC(=O)c2cn[nH]c2-c2ccc(F)cc2)cc1. The Morgan fingerprint density at radius 3 is 2.54 bits per heavy atom. The number of halogens is 1. The van der Waals surface area contributed by atoms with Crippen LogP contribution in [-0.4, -0.2) is 22.7 Å². The zero-order chi connectivity index (χ0) is 18.5. The van der Waals surface area contributed by atoms with Gasteiger partial charge in [-0.05, 0) is 55.8 Å². The van der Waals surface area contributed by atoms with E-state index in [9.17, 15) is 9.18 Å². The largest absolute Gasteiger partial charge is 0.494 e. The van der Waals surface area contributed by atoms with Gasteiger partial charge in [0.1, 0.15) is 11.6 Å². The highest BCUT2D eigenvalue weighted by Crippen LogP contribution is 2.23. The van der Waals surface area contributed by atoms with E-state index >= 15 is 0 Å². The van der Waals surface area contributed by atoms with E-state index in [0.717, 1.165) is 11.3 Å². The second-order valence-electron chi connectivity index (χ2n) is 5.86. The third-order valence-corrected chi connectivity index (χ3v) is 4.06. The lowest BCUT2D eigenvalue weighted by molar-refractivity contribution is 0.0940. The molecule has 0 spiro atoms. The van der Waals surface area contributed by atoms with Crippen LogP contribution in [0.5, 0.6) is 5.75 Å². The number of carbonyl (C=O) groups is 1. The van der Waals surface area contributed by atoms with Gasteiger partial charge in [-0.1, -0.05) is 12.1 Å². The molecule has 3 aromatic rings. The highest BCUT2D eigenvalue weighted by molar-refractivity contribution is 5.99. The molecule has 6 heteroatoms. The van der Waals surface area contributed by atoms with Crippen LogP contribution in [0.15, 0.2) is 54.7 Å². The van der Waals surface area contributed by atoms with Gasteiger partial charge in [-0.15, -0.1) is 0 Å². The molecule has 0 aliphatic heterocycles. The van der Waals surface area contributed by atoms with E-state index in [1.54, 1.807) is 12.1 Å². The van der Waals surface area contributed by atoms with Crippen molar-refractivity contribution in [2.24, 2.45) is 0 Å². The zero-order valence-electron chi connectivity index (χ0n) is 14.6. The topological polar surface area (TPSA) is 67.0 Å². The Bertz CT molecular complexity index is 873. The van der Waals surface area contributed by atoms with E-state index in [-0.39, 0.29) is 17.8 Å². The van der Waals surface area contributed by atoms with Crippen molar-refractivity contribution in [1.29, 1.82) is 0 Å². The summed E-state index contributed by atoms with van der Waals surface area (Å²) < 4.78 is 18.5. The Labute approximate surface area is 151 Å². The summed E-state index contributed by atoms with van der Waals surface area (Å²) in [7, 11) is 0. The molecule has 0 aliphatic carbocycles. The van der Waals surface area contributed by atoms with Gasteiger partial charge in [-0.3, -0.25) is 9.89 Å². The number of carbonyl (C=O) groups excluding carboxylic acids is 1. The van der Waals surface area contributed by atoms with Crippen LogP contribution in [0, 0.1) is 5.82 Å². The third-order valence-electron chi connectivity index (χ3n) is 4.06. The van der Waals surface area contributed by atoms with Crippen molar-refractivity contribution in [3.8, 4) is 17.0 Å². The Balaban J connectivity index is 1.74. The molecule has 0 aliphatic rings. The average Bonchev–Trinajstić information content (AvgIpc) is 3.13. The van der Waals surface area contributed by atoms with E-state index in [1.165, 1.54) is 18.3 Å². The van der Waals surface area contributed by atoms with Crippen molar-refractivity contribution in [3.05, 3.63) is 71.7 Å². The Hall–Kier alpha value is -3.15. The van der Waals surface area contributed by atoms with Gasteiger partial charge in [0, 0.05) is 5.56 Å². The predicted molar refractivity (Wildman–Crippen MR) is 97.5 cm³/mol. The number of aromatic amines is 1. The first-order valence-corrected chi connectivity index (χ1v) is 8.41. The molecule has 0 radical (unpaired) electrons. The minimum Gasteiger partial charge on any atom is -0.494 e. The van der Waals surface area contributed by atoms with E-state index in [0.29, 0.717) is 23.4 Å². The van der Waals surface area contributed by atoms with Crippen LogP contribution < -0.4 is 10.1 Å².